The number of rotatable bonds is 7. The summed E-state index contributed by atoms with van der Waals surface area (Å²) >= 11 is 0. The third-order valence-corrected chi connectivity index (χ3v) is 6.17. The van der Waals surface area contributed by atoms with Gasteiger partial charge in [-0.05, 0) is 67.1 Å². The highest BCUT2D eigenvalue weighted by Gasteiger charge is 2.20. The van der Waals surface area contributed by atoms with E-state index in [4.69, 9.17) is 9.47 Å². The van der Waals surface area contributed by atoms with Crippen LogP contribution < -0.4 is 14.8 Å². The zero-order chi connectivity index (χ0) is 23.5. The van der Waals surface area contributed by atoms with Crippen LogP contribution in [0.5, 0.6) is 11.5 Å². The maximum atomic E-state index is 13.1. The number of fused-ring (bicyclic) bond motifs is 2. The van der Waals surface area contributed by atoms with Crippen LogP contribution in [0.25, 0.3) is 11.0 Å². The van der Waals surface area contributed by atoms with Gasteiger partial charge in [0.15, 0.2) is 11.5 Å². The van der Waals surface area contributed by atoms with E-state index in [1.807, 2.05) is 43.3 Å². The summed E-state index contributed by atoms with van der Waals surface area (Å²) < 4.78 is 11.4. The Kier molecular flexibility index (Phi) is 6.21. The number of benzene rings is 3. The molecule has 6 nitrogen and oxygen atoms in total. The standard InChI is InChI=1S/C28H29N3O3/c1-18-14-19(2)28-23(15-18)29-26(31-28)17-27(32)30-22(10-8-20-6-4-3-5-7-20)21-9-11-24-25(16-21)34-13-12-33-24/h3-7,9,11,14-16,22H,8,10,12-13,17H2,1-2H3,(H,29,31)(H,30,32). The van der Waals surface area contributed by atoms with Gasteiger partial charge in [-0.15, -0.1) is 0 Å². The Morgan fingerprint density at radius 2 is 1.82 bits per heavy atom. The molecule has 0 saturated heterocycles. The number of aryl methyl sites for hydroxylation is 3. The number of nitrogens with zero attached hydrogens (tertiary/aromatic N) is 1. The van der Waals surface area contributed by atoms with E-state index in [9.17, 15) is 4.79 Å². The van der Waals surface area contributed by atoms with Crippen LogP contribution in [-0.4, -0.2) is 29.1 Å². The highest BCUT2D eigenvalue weighted by molar-refractivity contribution is 5.82. The smallest absolute Gasteiger partial charge is 0.228 e. The van der Waals surface area contributed by atoms with Crippen molar-refractivity contribution < 1.29 is 14.3 Å². The van der Waals surface area contributed by atoms with Crippen molar-refractivity contribution in [2.45, 2.75) is 39.2 Å². The van der Waals surface area contributed by atoms with Crippen molar-refractivity contribution in [1.82, 2.24) is 15.3 Å². The van der Waals surface area contributed by atoms with E-state index in [0.717, 1.165) is 46.5 Å². The summed E-state index contributed by atoms with van der Waals surface area (Å²) in [6.07, 6.45) is 1.82. The van der Waals surface area contributed by atoms with E-state index in [1.165, 1.54) is 11.1 Å². The zero-order valence-electron chi connectivity index (χ0n) is 19.6. The first-order chi connectivity index (χ1) is 16.5. The van der Waals surface area contributed by atoms with Crippen molar-refractivity contribution >= 4 is 16.9 Å². The van der Waals surface area contributed by atoms with Crippen LogP contribution >= 0.6 is 0 Å². The minimum Gasteiger partial charge on any atom is -0.486 e. The van der Waals surface area contributed by atoms with Crippen LogP contribution in [0.15, 0.2) is 60.7 Å². The number of aromatic nitrogens is 2. The third-order valence-electron chi connectivity index (χ3n) is 6.17. The van der Waals surface area contributed by atoms with Crippen molar-refractivity contribution in [3.8, 4) is 11.5 Å². The largest absolute Gasteiger partial charge is 0.486 e. The quantitative estimate of drug-likeness (QED) is 0.412. The number of nitrogens with one attached hydrogen (secondary N) is 2. The fraction of sp³-hybridized carbons (Fsp3) is 0.286. The number of carbonyl (C=O) groups excluding carboxylic acids is 1. The van der Waals surface area contributed by atoms with Crippen LogP contribution in [-0.2, 0) is 17.6 Å². The fourth-order valence-electron chi connectivity index (χ4n) is 4.56. The summed E-state index contributed by atoms with van der Waals surface area (Å²) in [5, 5.41) is 3.23. The number of H-pyrrole nitrogens is 1. The molecule has 5 rings (SSSR count). The van der Waals surface area contributed by atoms with Gasteiger partial charge >= 0.3 is 0 Å². The van der Waals surface area contributed by atoms with Gasteiger partial charge in [-0.2, -0.15) is 0 Å². The summed E-state index contributed by atoms with van der Waals surface area (Å²) in [5.41, 5.74) is 6.40. The summed E-state index contributed by atoms with van der Waals surface area (Å²) in [4.78, 5) is 21.1. The van der Waals surface area contributed by atoms with E-state index in [2.05, 4.69) is 46.5 Å². The second-order valence-electron chi connectivity index (χ2n) is 8.89. The van der Waals surface area contributed by atoms with Crippen LogP contribution in [0.2, 0.25) is 0 Å². The molecule has 1 aromatic heterocycles. The van der Waals surface area contributed by atoms with Crippen molar-refractivity contribution in [1.29, 1.82) is 0 Å². The van der Waals surface area contributed by atoms with Crippen LogP contribution in [0.3, 0.4) is 0 Å². The second kappa shape index (κ2) is 9.59. The van der Waals surface area contributed by atoms with Gasteiger partial charge in [0.25, 0.3) is 0 Å². The second-order valence-corrected chi connectivity index (χ2v) is 8.89. The first-order valence-electron chi connectivity index (χ1n) is 11.7. The maximum absolute atomic E-state index is 13.1. The lowest BCUT2D eigenvalue weighted by molar-refractivity contribution is -0.121. The Bertz CT molecular complexity index is 1310. The van der Waals surface area contributed by atoms with Crippen molar-refractivity contribution in [3.63, 3.8) is 0 Å². The van der Waals surface area contributed by atoms with E-state index < -0.39 is 0 Å². The van der Waals surface area contributed by atoms with Gasteiger partial charge in [0, 0.05) is 0 Å². The molecule has 0 spiro atoms. The molecular weight excluding hydrogens is 426 g/mol. The summed E-state index contributed by atoms with van der Waals surface area (Å²) in [6, 6.07) is 20.3. The first kappa shape index (κ1) is 22.0. The molecule has 6 heteroatoms. The van der Waals surface area contributed by atoms with Gasteiger partial charge in [0.1, 0.15) is 19.0 Å². The Morgan fingerprint density at radius 3 is 2.65 bits per heavy atom. The summed E-state index contributed by atoms with van der Waals surface area (Å²) in [7, 11) is 0. The predicted molar refractivity (Wildman–Crippen MR) is 132 cm³/mol. The molecule has 0 aliphatic carbocycles. The molecule has 3 aromatic carbocycles. The number of hydrogen-bond acceptors (Lipinski definition) is 4. The topological polar surface area (TPSA) is 76.2 Å². The van der Waals surface area contributed by atoms with Crippen molar-refractivity contribution in [2.24, 2.45) is 0 Å². The van der Waals surface area contributed by atoms with Crippen molar-refractivity contribution in [3.05, 3.63) is 88.7 Å². The molecule has 0 bridgehead atoms. The number of aromatic amines is 1. The van der Waals surface area contributed by atoms with Crippen LogP contribution in [0, 0.1) is 13.8 Å². The SMILES string of the molecule is Cc1cc(C)c2nc(CC(=O)NC(CCc3ccccc3)c3ccc4c(c3)OCCO4)[nH]c2c1. The van der Waals surface area contributed by atoms with E-state index >= 15 is 0 Å². The lowest BCUT2D eigenvalue weighted by Crippen LogP contribution is -2.30. The number of hydrogen-bond donors (Lipinski definition) is 2. The van der Waals surface area contributed by atoms with Crippen LogP contribution in [0.1, 0.15) is 40.5 Å². The molecule has 1 aliphatic heterocycles. The van der Waals surface area contributed by atoms with Gasteiger partial charge in [-0.25, -0.2) is 4.98 Å². The minimum absolute atomic E-state index is 0.0682. The fourth-order valence-corrected chi connectivity index (χ4v) is 4.56. The van der Waals surface area contributed by atoms with Crippen molar-refractivity contribution in [2.75, 3.05) is 13.2 Å². The molecule has 2 N–H and O–H groups in total. The molecule has 0 radical (unpaired) electrons. The third kappa shape index (κ3) is 4.91. The number of carbonyl (C=O) groups is 1. The van der Waals surface area contributed by atoms with E-state index in [0.29, 0.717) is 19.0 Å². The molecule has 0 fully saturated rings. The lowest BCUT2D eigenvalue weighted by Gasteiger charge is -2.23. The molecular formula is C28H29N3O3. The highest BCUT2D eigenvalue weighted by Crippen LogP contribution is 2.33. The molecule has 1 aliphatic rings. The van der Waals surface area contributed by atoms with Gasteiger partial charge in [-0.1, -0.05) is 42.5 Å². The molecule has 34 heavy (non-hydrogen) atoms. The molecule has 1 unspecified atom stereocenters. The minimum atomic E-state index is -0.156. The van der Waals surface area contributed by atoms with Gasteiger partial charge in [-0.3, -0.25) is 4.79 Å². The Balaban J connectivity index is 1.35. The van der Waals surface area contributed by atoms with Gasteiger partial charge in [0.05, 0.1) is 23.5 Å². The van der Waals surface area contributed by atoms with Crippen LogP contribution in [0.4, 0.5) is 0 Å². The molecule has 1 atom stereocenters. The Labute approximate surface area is 199 Å². The molecule has 1 amide bonds. The van der Waals surface area contributed by atoms with Gasteiger partial charge in [0.2, 0.25) is 5.91 Å². The summed E-state index contributed by atoms with van der Waals surface area (Å²) in [5.74, 6) is 2.08. The van der Waals surface area contributed by atoms with E-state index in [-0.39, 0.29) is 18.4 Å². The zero-order valence-corrected chi connectivity index (χ0v) is 19.6. The number of imidazole rings is 1. The molecule has 4 aromatic rings. The van der Waals surface area contributed by atoms with Gasteiger partial charge < -0.3 is 19.8 Å². The highest BCUT2D eigenvalue weighted by atomic mass is 16.6. The molecule has 0 saturated carbocycles. The predicted octanol–water partition coefficient (Wildman–Crippen LogP) is 4.98. The normalized spacial score (nSPS) is 13.6. The number of amides is 1. The maximum Gasteiger partial charge on any atom is 0.228 e. The Hall–Kier alpha value is -3.80. The molecule has 2 heterocycles. The number of ether oxygens (including phenoxy) is 2. The average Bonchev–Trinajstić information content (AvgIpc) is 3.24. The average molecular weight is 456 g/mol. The first-order valence-corrected chi connectivity index (χ1v) is 11.7. The monoisotopic (exact) mass is 455 g/mol. The molecule has 174 valence electrons. The Morgan fingerprint density at radius 1 is 1.03 bits per heavy atom. The summed E-state index contributed by atoms with van der Waals surface area (Å²) in [6.45, 7) is 5.19. The lowest BCUT2D eigenvalue weighted by atomic mass is 9.98. The van der Waals surface area contributed by atoms with E-state index in [1.54, 1.807) is 0 Å².